The van der Waals surface area contributed by atoms with Gasteiger partial charge in [-0.15, -0.1) is 0 Å². The van der Waals surface area contributed by atoms with Gasteiger partial charge in [0.1, 0.15) is 0 Å². The fourth-order valence-corrected chi connectivity index (χ4v) is 2.55. The minimum Gasteiger partial charge on any atom is -0.308 e. The summed E-state index contributed by atoms with van der Waals surface area (Å²) in [6.07, 6.45) is 2.70. The first kappa shape index (κ1) is 11.6. The van der Waals surface area contributed by atoms with Gasteiger partial charge < -0.3 is 4.90 Å². The van der Waals surface area contributed by atoms with Gasteiger partial charge in [-0.2, -0.15) is 0 Å². The zero-order valence-electron chi connectivity index (χ0n) is 10.4. The lowest BCUT2D eigenvalue weighted by atomic mass is 10.2. The Labute approximate surface area is 98.9 Å². The van der Waals surface area contributed by atoms with Crippen LogP contribution in [0.15, 0.2) is 30.3 Å². The maximum Gasteiger partial charge on any atom is 0.0237 e. The second-order valence-corrected chi connectivity index (χ2v) is 5.01. The summed E-state index contributed by atoms with van der Waals surface area (Å²) in [6.45, 7) is 3.56. The standard InChI is InChI=1S/C14H22N2/c1-15(2)12-14-9-6-10-16(14)11-13-7-4-3-5-8-13/h3-5,7-8,14H,6,9-12H2,1-2H3/t14-/m1/s1. The molecular weight excluding hydrogens is 196 g/mol. The Morgan fingerprint density at radius 3 is 2.69 bits per heavy atom. The third kappa shape index (κ3) is 3.06. The van der Waals surface area contributed by atoms with Crippen LogP contribution in [-0.2, 0) is 6.54 Å². The highest BCUT2D eigenvalue weighted by molar-refractivity contribution is 5.14. The molecule has 0 N–H and O–H groups in total. The molecule has 0 amide bonds. The topological polar surface area (TPSA) is 6.48 Å². The molecule has 1 aromatic carbocycles. The Bertz CT molecular complexity index is 308. The Balaban J connectivity index is 1.93. The Kier molecular flexibility index (Phi) is 3.97. The van der Waals surface area contributed by atoms with Gasteiger partial charge in [0.05, 0.1) is 0 Å². The molecule has 88 valence electrons. The SMILES string of the molecule is CN(C)C[C@H]1CCCN1Cc1ccccc1. The van der Waals surface area contributed by atoms with Gasteiger partial charge in [-0.1, -0.05) is 30.3 Å². The molecule has 2 nitrogen and oxygen atoms in total. The molecule has 1 aliphatic rings. The highest BCUT2D eigenvalue weighted by Crippen LogP contribution is 2.20. The summed E-state index contributed by atoms with van der Waals surface area (Å²) in [6, 6.07) is 11.6. The quantitative estimate of drug-likeness (QED) is 0.764. The molecule has 0 aliphatic carbocycles. The van der Waals surface area contributed by atoms with Gasteiger partial charge >= 0.3 is 0 Å². The van der Waals surface area contributed by atoms with Gasteiger partial charge in [-0.25, -0.2) is 0 Å². The lowest BCUT2D eigenvalue weighted by Gasteiger charge is -2.27. The van der Waals surface area contributed by atoms with Crippen molar-refractivity contribution in [1.82, 2.24) is 9.80 Å². The predicted octanol–water partition coefficient (Wildman–Crippen LogP) is 2.21. The molecule has 0 unspecified atom stereocenters. The molecule has 0 bridgehead atoms. The number of rotatable bonds is 4. The van der Waals surface area contributed by atoms with E-state index in [1.54, 1.807) is 0 Å². The first-order valence-electron chi connectivity index (χ1n) is 6.18. The van der Waals surface area contributed by atoms with Crippen molar-refractivity contribution in [2.24, 2.45) is 0 Å². The van der Waals surface area contributed by atoms with Crippen LogP contribution in [0.4, 0.5) is 0 Å². The van der Waals surface area contributed by atoms with Crippen molar-refractivity contribution in [2.75, 3.05) is 27.2 Å². The molecule has 0 radical (unpaired) electrons. The molecule has 0 aromatic heterocycles. The van der Waals surface area contributed by atoms with E-state index < -0.39 is 0 Å². The van der Waals surface area contributed by atoms with E-state index in [0.717, 1.165) is 12.6 Å². The van der Waals surface area contributed by atoms with Crippen LogP contribution < -0.4 is 0 Å². The number of nitrogens with zero attached hydrogens (tertiary/aromatic N) is 2. The van der Waals surface area contributed by atoms with Crippen molar-refractivity contribution < 1.29 is 0 Å². The van der Waals surface area contributed by atoms with Crippen LogP contribution in [0.5, 0.6) is 0 Å². The maximum atomic E-state index is 2.62. The highest BCUT2D eigenvalue weighted by atomic mass is 15.2. The Hall–Kier alpha value is -0.860. The van der Waals surface area contributed by atoms with Crippen LogP contribution in [0, 0.1) is 0 Å². The predicted molar refractivity (Wildman–Crippen MR) is 68.4 cm³/mol. The molecule has 1 heterocycles. The molecule has 0 saturated carbocycles. The lowest BCUT2D eigenvalue weighted by molar-refractivity contribution is 0.201. The summed E-state index contributed by atoms with van der Waals surface area (Å²) in [5, 5.41) is 0. The molecule has 1 aliphatic heterocycles. The van der Waals surface area contributed by atoms with Crippen molar-refractivity contribution in [2.45, 2.75) is 25.4 Å². The second kappa shape index (κ2) is 5.46. The summed E-state index contributed by atoms with van der Waals surface area (Å²) >= 11 is 0. The average molecular weight is 218 g/mol. The highest BCUT2D eigenvalue weighted by Gasteiger charge is 2.24. The van der Waals surface area contributed by atoms with Crippen LogP contribution in [0.1, 0.15) is 18.4 Å². The van der Waals surface area contributed by atoms with Crippen molar-refractivity contribution in [1.29, 1.82) is 0 Å². The fourth-order valence-electron chi connectivity index (χ4n) is 2.55. The summed E-state index contributed by atoms with van der Waals surface area (Å²) < 4.78 is 0. The zero-order chi connectivity index (χ0) is 11.4. The fraction of sp³-hybridized carbons (Fsp3) is 0.571. The van der Waals surface area contributed by atoms with E-state index in [-0.39, 0.29) is 0 Å². The third-order valence-electron chi connectivity index (χ3n) is 3.30. The average Bonchev–Trinajstić information content (AvgIpc) is 2.66. The van der Waals surface area contributed by atoms with Gasteiger partial charge in [0, 0.05) is 19.1 Å². The van der Waals surface area contributed by atoms with E-state index in [9.17, 15) is 0 Å². The van der Waals surface area contributed by atoms with Crippen LogP contribution in [0.25, 0.3) is 0 Å². The van der Waals surface area contributed by atoms with Gasteiger partial charge in [-0.3, -0.25) is 4.90 Å². The molecule has 2 heteroatoms. The van der Waals surface area contributed by atoms with Gasteiger partial charge in [0.25, 0.3) is 0 Å². The molecule has 1 saturated heterocycles. The smallest absolute Gasteiger partial charge is 0.0237 e. The van der Waals surface area contributed by atoms with Crippen molar-refractivity contribution in [3.05, 3.63) is 35.9 Å². The van der Waals surface area contributed by atoms with Crippen molar-refractivity contribution >= 4 is 0 Å². The van der Waals surface area contributed by atoms with E-state index in [4.69, 9.17) is 0 Å². The van der Waals surface area contributed by atoms with Crippen LogP contribution >= 0.6 is 0 Å². The molecule has 1 fully saturated rings. The summed E-state index contributed by atoms with van der Waals surface area (Å²) in [7, 11) is 4.33. The molecular formula is C14H22N2. The monoisotopic (exact) mass is 218 g/mol. The van der Waals surface area contributed by atoms with Crippen LogP contribution in [0.2, 0.25) is 0 Å². The third-order valence-corrected chi connectivity index (χ3v) is 3.30. The normalized spacial score (nSPS) is 21.8. The summed E-state index contributed by atoms with van der Waals surface area (Å²) in [5.74, 6) is 0. The molecule has 1 atom stereocenters. The number of hydrogen-bond acceptors (Lipinski definition) is 2. The first-order valence-corrected chi connectivity index (χ1v) is 6.18. The Morgan fingerprint density at radius 2 is 2.00 bits per heavy atom. The summed E-state index contributed by atoms with van der Waals surface area (Å²) in [4.78, 5) is 4.92. The van der Waals surface area contributed by atoms with Crippen LogP contribution in [0.3, 0.4) is 0 Å². The molecule has 0 spiro atoms. The van der Waals surface area contributed by atoms with Crippen molar-refractivity contribution in [3.63, 3.8) is 0 Å². The van der Waals surface area contributed by atoms with E-state index in [1.165, 1.54) is 31.5 Å². The lowest BCUT2D eigenvalue weighted by Crippen LogP contribution is -2.37. The Morgan fingerprint density at radius 1 is 1.25 bits per heavy atom. The van der Waals surface area contributed by atoms with E-state index in [1.807, 2.05) is 0 Å². The summed E-state index contributed by atoms with van der Waals surface area (Å²) in [5.41, 5.74) is 1.44. The number of likely N-dealkylation sites (tertiary alicyclic amines) is 1. The molecule has 16 heavy (non-hydrogen) atoms. The number of benzene rings is 1. The van der Waals surface area contributed by atoms with Crippen LogP contribution in [-0.4, -0.2) is 43.0 Å². The molecule has 2 rings (SSSR count). The van der Waals surface area contributed by atoms with E-state index in [2.05, 4.69) is 54.2 Å². The number of hydrogen-bond donors (Lipinski definition) is 0. The number of likely N-dealkylation sites (N-methyl/N-ethyl adjacent to an activating group) is 1. The minimum atomic E-state index is 0.746. The first-order chi connectivity index (χ1) is 7.75. The largest absolute Gasteiger partial charge is 0.308 e. The van der Waals surface area contributed by atoms with Gasteiger partial charge in [-0.05, 0) is 39.0 Å². The second-order valence-electron chi connectivity index (χ2n) is 5.01. The zero-order valence-corrected chi connectivity index (χ0v) is 10.4. The maximum absolute atomic E-state index is 2.62. The minimum absolute atomic E-state index is 0.746. The van der Waals surface area contributed by atoms with Crippen molar-refractivity contribution in [3.8, 4) is 0 Å². The van der Waals surface area contributed by atoms with Gasteiger partial charge in [0.2, 0.25) is 0 Å². The molecule has 1 aromatic rings. The van der Waals surface area contributed by atoms with E-state index >= 15 is 0 Å². The van der Waals surface area contributed by atoms with E-state index in [0.29, 0.717) is 0 Å². The van der Waals surface area contributed by atoms with Gasteiger partial charge in [0.15, 0.2) is 0 Å².